The first-order valence-corrected chi connectivity index (χ1v) is 10.7. The van der Waals surface area contributed by atoms with Crippen molar-refractivity contribution in [1.29, 1.82) is 0 Å². The summed E-state index contributed by atoms with van der Waals surface area (Å²) in [6.45, 7) is 13.3. The highest BCUT2D eigenvalue weighted by atomic mass is 16.2. The van der Waals surface area contributed by atoms with Crippen LogP contribution in [-0.2, 0) is 14.4 Å². The topological polar surface area (TPSA) is 73.0 Å². The van der Waals surface area contributed by atoms with Gasteiger partial charge in [-0.25, -0.2) is 0 Å². The van der Waals surface area contributed by atoms with Crippen molar-refractivity contribution in [2.45, 2.75) is 46.6 Å². The van der Waals surface area contributed by atoms with Crippen LogP contribution in [0.2, 0.25) is 0 Å². The SMILES string of the molecule is Cc1cccc(N2C[C@H](C(=O)N3CCN(CC(=O)NC(C)(C)C)CC3)CC2=O)c1C. The molecule has 1 atom stereocenters. The van der Waals surface area contributed by atoms with E-state index in [1.54, 1.807) is 4.90 Å². The second-order valence-corrected chi connectivity index (χ2v) is 9.52. The molecule has 7 heteroatoms. The number of piperazine rings is 1. The Labute approximate surface area is 179 Å². The molecule has 1 aromatic rings. The molecule has 164 valence electrons. The summed E-state index contributed by atoms with van der Waals surface area (Å²) in [5.41, 5.74) is 2.89. The molecule has 2 fully saturated rings. The van der Waals surface area contributed by atoms with Crippen LogP contribution in [0.15, 0.2) is 18.2 Å². The number of aryl methyl sites for hydroxylation is 1. The number of carbonyl (C=O) groups excluding carboxylic acids is 3. The summed E-state index contributed by atoms with van der Waals surface area (Å²) in [6.07, 6.45) is 0.264. The van der Waals surface area contributed by atoms with E-state index in [4.69, 9.17) is 0 Å². The van der Waals surface area contributed by atoms with Crippen LogP contribution in [0.25, 0.3) is 0 Å². The molecule has 1 aromatic carbocycles. The summed E-state index contributed by atoms with van der Waals surface area (Å²) < 4.78 is 0. The lowest BCUT2D eigenvalue weighted by molar-refractivity contribution is -0.137. The van der Waals surface area contributed by atoms with E-state index in [1.165, 1.54) is 0 Å². The fourth-order valence-corrected chi connectivity index (χ4v) is 4.18. The number of amides is 3. The molecule has 0 aromatic heterocycles. The van der Waals surface area contributed by atoms with Crippen molar-refractivity contribution >= 4 is 23.4 Å². The van der Waals surface area contributed by atoms with E-state index in [2.05, 4.69) is 10.2 Å². The molecule has 2 saturated heterocycles. The second kappa shape index (κ2) is 8.76. The van der Waals surface area contributed by atoms with Gasteiger partial charge in [0.05, 0.1) is 12.5 Å². The van der Waals surface area contributed by atoms with Gasteiger partial charge < -0.3 is 15.1 Å². The molecule has 2 aliphatic heterocycles. The number of nitrogens with zero attached hydrogens (tertiary/aromatic N) is 3. The van der Waals surface area contributed by atoms with Gasteiger partial charge in [-0.3, -0.25) is 19.3 Å². The van der Waals surface area contributed by atoms with Gasteiger partial charge >= 0.3 is 0 Å². The number of hydrogen-bond acceptors (Lipinski definition) is 4. The third kappa shape index (κ3) is 5.19. The molecule has 0 radical (unpaired) electrons. The molecule has 2 aliphatic rings. The molecular formula is C23H34N4O3. The van der Waals surface area contributed by atoms with Crippen molar-refractivity contribution in [3.8, 4) is 0 Å². The molecule has 30 heavy (non-hydrogen) atoms. The number of hydrogen-bond donors (Lipinski definition) is 1. The molecule has 0 unspecified atom stereocenters. The highest BCUT2D eigenvalue weighted by molar-refractivity contribution is 6.01. The summed E-state index contributed by atoms with van der Waals surface area (Å²) in [7, 11) is 0. The number of carbonyl (C=O) groups is 3. The zero-order valence-corrected chi connectivity index (χ0v) is 18.8. The van der Waals surface area contributed by atoms with E-state index >= 15 is 0 Å². The normalized spacial score (nSPS) is 20.6. The van der Waals surface area contributed by atoms with E-state index in [-0.39, 0.29) is 35.6 Å². The van der Waals surface area contributed by atoms with E-state index in [1.807, 2.05) is 57.7 Å². The summed E-state index contributed by atoms with van der Waals surface area (Å²) in [5.74, 6) is -0.226. The second-order valence-electron chi connectivity index (χ2n) is 9.52. The van der Waals surface area contributed by atoms with Gasteiger partial charge in [0, 0.05) is 50.4 Å². The van der Waals surface area contributed by atoms with E-state index in [0.717, 1.165) is 16.8 Å². The maximum atomic E-state index is 13.0. The lowest BCUT2D eigenvalue weighted by atomic mass is 10.1. The predicted molar refractivity (Wildman–Crippen MR) is 117 cm³/mol. The van der Waals surface area contributed by atoms with E-state index < -0.39 is 0 Å². The van der Waals surface area contributed by atoms with Gasteiger partial charge in [0.15, 0.2) is 0 Å². The Morgan fingerprint density at radius 2 is 1.77 bits per heavy atom. The van der Waals surface area contributed by atoms with Gasteiger partial charge in [-0.1, -0.05) is 12.1 Å². The van der Waals surface area contributed by atoms with Crippen molar-refractivity contribution in [2.75, 3.05) is 44.2 Å². The molecule has 0 saturated carbocycles. The average Bonchev–Trinajstić information content (AvgIpc) is 3.04. The van der Waals surface area contributed by atoms with Gasteiger partial charge in [-0.15, -0.1) is 0 Å². The maximum Gasteiger partial charge on any atom is 0.234 e. The van der Waals surface area contributed by atoms with Crippen molar-refractivity contribution in [3.05, 3.63) is 29.3 Å². The van der Waals surface area contributed by atoms with Crippen LogP contribution < -0.4 is 10.2 Å². The maximum absolute atomic E-state index is 13.0. The van der Waals surface area contributed by atoms with Crippen molar-refractivity contribution in [1.82, 2.24) is 15.1 Å². The third-order valence-electron chi connectivity index (χ3n) is 5.91. The standard InChI is InChI=1S/C23H34N4O3/c1-16-7-6-8-19(17(16)2)27-14-18(13-21(27)29)22(30)26-11-9-25(10-12-26)15-20(28)24-23(3,4)5/h6-8,18H,9-15H2,1-5H3,(H,24,28)/t18-/m1/s1. The zero-order chi connectivity index (χ0) is 22.1. The largest absolute Gasteiger partial charge is 0.350 e. The van der Waals surface area contributed by atoms with Crippen LogP contribution in [0, 0.1) is 19.8 Å². The summed E-state index contributed by atoms with van der Waals surface area (Å²) in [5, 5.41) is 2.97. The predicted octanol–water partition coefficient (Wildman–Crippen LogP) is 1.72. The Bertz CT molecular complexity index is 822. The van der Waals surface area contributed by atoms with Crippen molar-refractivity contribution < 1.29 is 14.4 Å². The van der Waals surface area contributed by atoms with Crippen molar-refractivity contribution in [2.24, 2.45) is 5.92 Å². The quantitative estimate of drug-likeness (QED) is 0.814. The Kier molecular flexibility index (Phi) is 6.50. The fraction of sp³-hybridized carbons (Fsp3) is 0.609. The highest BCUT2D eigenvalue weighted by Gasteiger charge is 2.38. The number of anilines is 1. The Morgan fingerprint density at radius 3 is 2.40 bits per heavy atom. The van der Waals surface area contributed by atoms with Crippen LogP contribution >= 0.6 is 0 Å². The van der Waals surface area contributed by atoms with Crippen LogP contribution in [0.1, 0.15) is 38.3 Å². The van der Waals surface area contributed by atoms with Crippen LogP contribution in [-0.4, -0.2) is 72.3 Å². The molecule has 7 nitrogen and oxygen atoms in total. The van der Waals surface area contributed by atoms with E-state index in [9.17, 15) is 14.4 Å². The average molecular weight is 415 g/mol. The summed E-state index contributed by atoms with van der Waals surface area (Å²) in [6, 6.07) is 5.94. The minimum absolute atomic E-state index is 0.00725. The summed E-state index contributed by atoms with van der Waals surface area (Å²) >= 11 is 0. The minimum atomic E-state index is -0.298. The Balaban J connectivity index is 1.54. The molecular weight excluding hydrogens is 380 g/mol. The molecule has 1 N–H and O–H groups in total. The lowest BCUT2D eigenvalue weighted by Gasteiger charge is -2.36. The molecule has 0 spiro atoms. The highest BCUT2D eigenvalue weighted by Crippen LogP contribution is 2.30. The van der Waals surface area contributed by atoms with Crippen LogP contribution in [0.4, 0.5) is 5.69 Å². The van der Waals surface area contributed by atoms with Crippen LogP contribution in [0.5, 0.6) is 0 Å². The first-order valence-electron chi connectivity index (χ1n) is 10.7. The molecule has 0 bridgehead atoms. The number of nitrogens with one attached hydrogen (secondary N) is 1. The van der Waals surface area contributed by atoms with Gasteiger partial charge in [-0.05, 0) is 51.8 Å². The first-order chi connectivity index (χ1) is 14.0. The van der Waals surface area contributed by atoms with Crippen molar-refractivity contribution in [3.63, 3.8) is 0 Å². The lowest BCUT2D eigenvalue weighted by Crippen LogP contribution is -2.53. The molecule has 2 heterocycles. The van der Waals surface area contributed by atoms with Gasteiger partial charge in [0.2, 0.25) is 17.7 Å². The minimum Gasteiger partial charge on any atom is -0.350 e. The van der Waals surface area contributed by atoms with Crippen LogP contribution in [0.3, 0.4) is 0 Å². The Hall–Kier alpha value is -2.41. The summed E-state index contributed by atoms with van der Waals surface area (Å²) in [4.78, 5) is 43.5. The Morgan fingerprint density at radius 1 is 1.10 bits per heavy atom. The van der Waals surface area contributed by atoms with E-state index in [0.29, 0.717) is 39.3 Å². The molecule has 0 aliphatic carbocycles. The zero-order valence-electron chi connectivity index (χ0n) is 18.8. The smallest absolute Gasteiger partial charge is 0.234 e. The molecule has 3 rings (SSSR count). The third-order valence-corrected chi connectivity index (χ3v) is 5.91. The van der Waals surface area contributed by atoms with Gasteiger partial charge in [-0.2, -0.15) is 0 Å². The fourth-order valence-electron chi connectivity index (χ4n) is 4.18. The number of benzene rings is 1. The first kappa shape index (κ1) is 22.3. The monoisotopic (exact) mass is 414 g/mol. The number of rotatable bonds is 4. The van der Waals surface area contributed by atoms with Gasteiger partial charge in [0.25, 0.3) is 0 Å². The molecule has 3 amide bonds. The van der Waals surface area contributed by atoms with Gasteiger partial charge in [0.1, 0.15) is 0 Å².